The van der Waals surface area contributed by atoms with Gasteiger partial charge in [-0.1, -0.05) is 34.1 Å². The summed E-state index contributed by atoms with van der Waals surface area (Å²) in [5, 5.41) is 5.73. The van der Waals surface area contributed by atoms with E-state index in [2.05, 4.69) is 38.7 Å². The van der Waals surface area contributed by atoms with Crippen molar-refractivity contribution in [3.8, 4) is 0 Å². The van der Waals surface area contributed by atoms with Crippen LogP contribution in [0.3, 0.4) is 0 Å². The van der Waals surface area contributed by atoms with E-state index >= 15 is 0 Å². The fraction of sp³-hybridized carbons (Fsp3) is 0.263. The van der Waals surface area contributed by atoms with E-state index in [1.165, 1.54) is 12.5 Å². The molecule has 2 unspecified atom stereocenters. The minimum atomic E-state index is -0.131. The van der Waals surface area contributed by atoms with Crippen LogP contribution < -0.4 is 10.6 Å². The largest absolute Gasteiger partial charge is 0.326 e. The molecule has 1 saturated carbocycles. The third kappa shape index (κ3) is 3.85. The van der Waals surface area contributed by atoms with Crippen LogP contribution in [0.1, 0.15) is 30.4 Å². The van der Waals surface area contributed by atoms with Crippen LogP contribution in [0.25, 0.3) is 0 Å². The van der Waals surface area contributed by atoms with Crippen molar-refractivity contribution in [3.05, 3.63) is 58.1 Å². The highest BCUT2D eigenvalue weighted by Gasteiger charge is 2.44. The molecule has 0 aromatic heterocycles. The Morgan fingerprint density at radius 1 is 1.12 bits per heavy atom. The Hall–Kier alpha value is -2.14. The van der Waals surface area contributed by atoms with Crippen molar-refractivity contribution in [2.24, 2.45) is 5.92 Å². The highest BCUT2D eigenvalue weighted by atomic mass is 79.9. The van der Waals surface area contributed by atoms with Crippen molar-refractivity contribution in [2.45, 2.75) is 26.2 Å². The molecule has 0 spiro atoms. The van der Waals surface area contributed by atoms with Crippen LogP contribution in [-0.4, -0.2) is 11.8 Å². The van der Waals surface area contributed by atoms with Gasteiger partial charge < -0.3 is 10.6 Å². The molecule has 2 N–H and O–H groups in total. The molecule has 2 amide bonds. The second-order valence-corrected chi connectivity index (χ2v) is 7.12. The van der Waals surface area contributed by atoms with Crippen LogP contribution in [0.5, 0.6) is 0 Å². The number of hydrogen-bond acceptors (Lipinski definition) is 2. The molecule has 1 aliphatic rings. The third-order valence-corrected chi connectivity index (χ3v) is 4.71. The van der Waals surface area contributed by atoms with Gasteiger partial charge in [0.25, 0.3) is 0 Å². The van der Waals surface area contributed by atoms with Gasteiger partial charge in [0, 0.05) is 28.7 Å². The number of anilines is 2. The van der Waals surface area contributed by atoms with E-state index in [1.807, 2.05) is 31.2 Å². The van der Waals surface area contributed by atoms with E-state index in [4.69, 9.17) is 0 Å². The van der Waals surface area contributed by atoms with E-state index in [9.17, 15) is 9.59 Å². The van der Waals surface area contributed by atoms with E-state index in [-0.39, 0.29) is 23.7 Å². The Labute approximate surface area is 149 Å². The molecule has 2 aromatic carbocycles. The Kier molecular flexibility index (Phi) is 4.71. The summed E-state index contributed by atoms with van der Waals surface area (Å²) in [6, 6.07) is 13.6. The molecule has 0 aliphatic heterocycles. The van der Waals surface area contributed by atoms with Crippen molar-refractivity contribution >= 4 is 39.1 Å². The molecule has 124 valence electrons. The zero-order valence-electron chi connectivity index (χ0n) is 13.6. The molecular weight excluding hydrogens is 368 g/mol. The molecule has 2 atom stereocenters. The van der Waals surface area contributed by atoms with Crippen LogP contribution in [0.15, 0.2) is 46.9 Å². The maximum absolute atomic E-state index is 12.5. The predicted octanol–water partition coefficient (Wildman–Crippen LogP) is 4.46. The molecule has 3 rings (SSSR count). The van der Waals surface area contributed by atoms with Crippen LogP contribution in [-0.2, 0) is 9.59 Å². The van der Waals surface area contributed by atoms with Crippen LogP contribution >= 0.6 is 15.9 Å². The first-order valence-corrected chi connectivity index (χ1v) is 8.68. The molecule has 1 aliphatic carbocycles. The fourth-order valence-electron chi connectivity index (χ4n) is 2.85. The number of amides is 2. The average Bonchev–Trinajstić information content (AvgIpc) is 3.31. The highest BCUT2D eigenvalue weighted by Crippen LogP contribution is 2.48. The lowest BCUT2D eigenvalue weighted by Crippen LogP contribution is -2.16. The van der Waals surface area contributed by atoms with Gasteiger partial charge in [-0.2, -0.15) is 0 Å². The number of benzene rings is 2. The Morgan fingerprint density at radius 3 is 2.62 bits per heavy atom. The molecule has 0 bridgehead atoms. The number of aryl methyl sites for hydroxylation is 1. The SMILES string of the molecule is CC(=O)Nc1ccc(C)c(NC(=O)C2CC2c2cccc(Br)c2)c1. The lowest BCUT2D eigenvalue weighted by molar-refractivity contribution is -0.117. The first kappa shape index (κ1) is 16.7. The van der Waals surface area contributed by atoms with Gasteiger partial charge in [-0.05, 0) is 54.7 Å². The van der Waals surface area contributed by atoms with E-state index in [1.54, 1.807) is 6.07 Å². The van der Waals surface area contributed by atoms with Gasteiger partial charge in [0.05, 0.1) is 0 Å². The van der Waals surface area contributed by atoms with Crippen molar-refractivity contribution in [1.29, 1.82) is 0 Å². The third-order valence-electron chi connectivity index (χ3n) is 4.22. The van der Waals surface area contributed by atoms with Gasteiger partial charge in [0.1, 0.15) is 0 Å². The van der Waals surface area contributed by atoms with Gasteiger partial charge in [-0.25, -0.2) is 0 Å². The normalized spacial score (nSPS) is 18.8. The second kappa shape index (κ2) is 6.77. The number of carbonyl (C=O) groups is 2. The summed E-state index contributed by atoms with van der Waals surface area (Å²) >= 11 is 3.47. The molecule has 1 fully saturated rings. The Morgan fingerprint density at radius 2 is 1.92 bits per heavy atom. The molecule has 2 aromatic rings. The predicted molar refractivity (Wildman–Crippen MR) is 99.1 cm³/mol. The number of carbonyl (C=O) groups excluding carboxylic acids is 2. The van der Waals surface area contributed by atoms with Crippen LogP contribution in [0, 0.1) is 12.8 Å². The molecule has 0 radical (unpaired) electrons. The molecule has 4 nitrogen and oxygen atoms in total. The number of halogens is 1. The summed E-state index contributed by atoms with van der Waals surface area (Å²) in [6.07, 6.45) is 0.868. The van der Waals surface area contributed by atoms with E-state index < -0.39 is 0 Å². The summed E-state index contributed by atoms with van der Waals surface area (Å²) in [6.45, 7) is 3.40. The van der Waals surface area contributed by atoms with Crippen molar-refractivity contribution < 1.29 is 9.59 Å². The van der Waals surface area contributed by atoms with Gasteiger partial charge in [0.15, 0.2) is 0 Å². The number of hydrogen-bond donors (Lipinski definition) is 2. The van der Waals surface area contributed by atoms with Gasteiger partial charge >= 0.3 is 0 Å². The lowest BCUT2D eigenvalue weighted by Gasteiger charge is -2.11. The summed E-state index contributed by atoms with van der Waals surface area (Å²) < 4.78 is 1.03. The van der Waals surface area contributed by atoms with Gasteiger partial charge in [-0.15, -0.1) is 0 Å². The number of nitrogens with one attached hydrogen (secondary N) is 2. The van der Waals surface area contributed by atoms with Crippen LogP contribution in [0.4, 0.5) is 11.4 Å². The van der Waals surface area contributed by atoms with E-state index in [0.29, 0.717) is 5.69 Å². The Balaban J connectivity index is 1.69. The topological polar surface area (TPSA) is 58.2 Å². The summed E-state index contributed by atoms with van der Waals surface area (Å²) in [5.41, 5.74) is 3.58. The van der Waals surface area contributed by atoms with E-state index in [0.717, 1.165) is 22.1 Å². The first-order valence-electron chi connectivity index (χ1n) is 7.88. The van der Waals surface area contributed by atoms with Crippen LogP contribution in [0.2, 0.25) is 0 Å². The smallest absolute Gasteiger partial charge is 0.228 e. The second-order valence-electron chi connectivity index (χ2n) is 6.20. The fourth-order valence-corrected chi connectivity index (χ4v) is 3.27. The van der Waals surface area contributed by atoms with Crippen molar-refractivity contribution in [1.82, 2.24) is 0 Å². The molecule has 0 heterocycles. The zero-order valence-corrected chi connectivity index (χ0v) is 15.2. The maximum atomic E-state index is 12.5. The maximum Gasteiger partial charge on any atom is 0.228 e. The molecule has 24 heavy (non-hydrogen) atoms. The quantitative estimate of drug-likeness (QED) is 0.814. The van der Waals surface area contributed by atoms with Gasteiger partial charge in [-0.3, -0.25) is 9.59 Å². The zero-order chi connectivity index (χ0) is 17.3. The van der Waals surface area contributed by atoms with Crippen molar-refractivity contribution in [3.63, 3.8) is 0 Å². The van der Waals surface area contributed by atoms with Crippen molar-refractivity contribution in [2.75, 3.05) is 10.6 Å². The monoisotopic (exact) mass is 386 g/mol. The lowest BCUT2D eigenvalue weighted by atomic mass is 10.1. The average molecular weight is 387 g/mol. The van der Waals surface area contributed by atoms with Gasteiger partial charge in [0.2, 0.25) is 11.8 Å². The first-order chi connectivity index (χ1) is 11.4. The standard InChI is InChI=1S/C19H19BrN2O2/c1-11-6-7-15(21-12(2)23)9-18(11)22-19(24)17-10-16(17)13-4-3-5-14(20)8-13/h3-9,16-17H,10H2,1-2H3,(H,21,23)(H,22,24). The summed E-state index contributed by atoms with van der Waals surface area (Å²) in [5.74, 6) is 0.181. The minimum absolute atomic E-state index is 0.00289. The summed E-state index contributed by atoms with van der Waals surface area (Å²) in [7, 11) is 0. The molecule has 5 heteroatoms. The highest BCUT2D eigenvalue weighted by molar-refractivity contribution is 9.10. The summed E-state index contributed by atoms with van der Waals surface area (Å²) in [4.78, 5) is 23.7. The Bertz CT molecular complexity index is 804. The molecule has 0 saturated heterocycles. The molecular formula is C19H19BrN2O2. The minimum Gasteiger partial charge on any atom is -0.326 e. The number of rotatable bonds is 4.